The van der Waals surface area contributed by atoms with Crippen LogP contribution < -0.4 is 16.0 Å². The Morgan fingerprint density at radius 1 is 1.15 bits per heavy atom. The van der Waals surface area contributed by atoms with Gasteiger partial charge >= 0.3 is 0 Å². The summed E-state index contributed by atoms with van der Waals surface area (Å²) >= 11 is 0. The maximum Gasteiger partial charge on any atom is 0.191 e. The lowest BCUT2D eigenvalue weighted by Gasteiger charge is -2.27. The Bertz CT molecular complexity index is 506. The van der Waals surface area contributed by atoms with Gasteiger partial charge in [-0.15, -0.1) is 24.0 Å². The third kappa shape index (κ3) is 8.55. The number of ether oxygens (including phenoxy) is 1. The average Bonchev–Trinajstić information content (AvgIpc) is 2.65. The molecule has 1 saturated heterocycles. The molecule has 7 heteroatoms. The Hall–Kier alpha value is -1.06. The first kappa shape index (κ1) is 23.0. The predicted molar refractivity (Wildman–Crippen MR) is 121 cm³/mol. The van der Waals surface area contributed by atoms with Crippen LogP contribution in [-0.4, -0.2) is 69.9 Å². The molecule has 1 aromatic carbocycles. The summed E-state index contributed by atoms with van der Waals surface area (Å²) in [7, 11) is 1.82. The van der Waals surface area contributed by atoms with E-state index in [9.17, 15) is 0 Å². The molecule has 0 amide bonds. The van der Waals surface area contributed by atoms with Crippen molar-refractivity contribution in [3.05, 3.63) is 30.3 Å². The molecule has 0 bridgehead atoms. The number of halogens is 1. The molecule has 3 N–H and O–H groups in total. The number of nitrogens with one attached hydrogen (secondary N) is 3. The largest absolute Gasteiger partial charge is 0.380 e. The van der Waals surface area contributed by atoms with Crippen LogP contribution in [0.2, 0.25) is 0 Å². The van der Waals surface area contributed by atoms with Crippen molar-refractivity contribution in [1.29, 1.82) is 0 Å². The van der Waals surface area contributed by atoms with Crippen LogP contribution in [0.15, 0.2) is 35.3 Å². The van der Waals surface area contributed by atoms with Gasteiger partial charge in [0, 0.05) is 51.5 Å². The minimum Gasteiger partial charge on any atom is -0.380 e. The fourth-order valence-electron chi connectivity index (χ4n) is 2.79. The first-order chi connectivity index (χ1) is 12.2. The maximum atomic E-state index is 5.38. The Labute approximate surface area is 175 Å². The summed E-state index contributed by atoms with van der Waals surface area (Å²) in [6, 6.07) is 10.7. The van der Waals surface area contributed by atoms with Crippen LogP contribution in [0, 0.1) is 5.92 Å². The number of hydrogen-bond donors (Lipinski definition) is 3. The maximum absolute atomic E-state index is 5.38. The predicted octanol–water partition coefficient (Wildman–Crippen LogP) is 2.24. The fraction of sp³-hybridized carbons (Fsp3) is 0.632. The Morgan fingerprint density at radius 3 is 2.46 bits per heavy atom. The molecular formula is C19H34IN5O. The summed E-state index contributed by atoms with van der Waals surface area (Å²) < 4.78 is 5.38. The third-order valence-electron chi connectivity index (χ3n) is 4.47. The van der Waals surface area contributed by atoms with Gasteiger partial charge in [-0.25, -0.2) is 0 Å². The van der Waals surface area contributed by atoms with Crippen LogP contribution in [0.25, 0.3) is 0 Å². The van der Waals surface area contributed by atoms with Crippen molar-refractivity contribution in [2.24, 2.45) is 10.9 Å². The molecule has 1 aliphatic rings. The van der Waals surface area contributed by atoms with Gasteiger partial charge < -0.3 is 20.7 Å². The van der Waals surface area contributed by atoms with Gasteiger partial charge in [0.1, 0.15) is 0 Å². The standard InChI is InChI=1S/C19H33N5O.HI/c1-16(2)18(23-17-7-5-4-6-8-17)15-22-19(20-3)21-9-10-24-11-13-25-14-12-24;/h4-8,16,18,23H,9-15H2,1-3H3,(H2,20,21,22);1H. The van der Waals surface area contributed by atoms with Crippen molar-refractivity contribution in [2.75, 3.05) is 58.3 Å². The lowest BCUT2D eigenvalue weighted by Crippen LogP contribution is -2.47. The smallest absolute Gasteiger partial charge is 0.191 e. The lowest BCUT2D eigenvalue weighted by atomic mass is 10.0. The molecule has 0 saturated carbocycles. The second-order valence-electron chi connectivity index (χ2n) is 6.69. The molecule has 0 radical (unpaired) electrons. The highest BCUT2D eigenvalue weighted by molar-refractivity contribution is 14.0. The van der Waals surface area contributed by atoms with Crippen LogP contribution in [0.4, 0.5) is 5.69 Å². The third-order valence-corrected chi connectivity index (χ3v) is 4.47. The fourth-order valence-corrected chi connectivity index (χ4v) is 2.79. The van der Waals surface area contributed by atoms with Gasteiger partial charge in [0.25, 0.3) is 0 Å². The minimum atomic E-state index is 0. The quantitative estimate of drug-likeness (QED) is 0.306. The number of rotatable bonds is 8. The number of hydrogen-bond acceptors (Lipinski definition) is 4. The molecule has 2 rings (SSSR count). The van der Waals surface area contributed by atoms with Gasteiger partial charge in [0.2, 0.25) is 0 Å². The summed E-state index contributed by atoms with van der Waals surface area (Å²) in [6.07, 6.45) is 0. The van der Waals surface area contributed by atoms with Gasteiger partial charge in [-0.3, -0.25) is 9.89 Å². The Balaban J connectivity index is 0.00000338. The average molecular weight is 475 g/mol. The van der Waals surface area contributed by atoms with Crippen LogP contribution in [0.3, 0.4) is 0 Å². The molecule has 1 atom stereocenters. The number of para-hydroxylation sites is 1. The zero-order valence-electron chi connectivity index (χ0n) is 16.2. The van der Waals surface area contributed by atoms with Crippen LogP contribution in [0.1, 0.15) is 13.8 Å². The van der Waals surface area contributed by atoms with Gasteiger partial charge in [0.15, 0.2) is 5.96 Å². The molecule has 6 nitrogen and oxygen atoms in total. The molecule has 1 fully saturated rings. The van der Waals surface area contributed by atoms with Gasteiger partial charge in [-0.05, 0) is 18.1 Å². The number of aliphatic imine (C=N–C) groups is 1. The molecule has 1 heterocycles. The van der Waals surface area contributed by atoms with E-state index in [1.807, 2.05) is 13.1 Å². The zero-order valence-corrected chi connectivity index (χ0v) is 18.5. The monoisotopic (exact) mass is 475 g/mol. The van der Waals surface area contributed by atoms with Gasteiger partial charge in [-0.1, -0.05) is 32.0 Å². The second-order valence-corrected chi connectivity index (χ2v) is 6.69. The molecule has 26 heavy (non-hydrogen) atoms. The van der Waals surface area contributed by atoms with Crippen LogP contribution in [0.5, 0.6) is 0 Å². The van der Waals surface area contributed by atoms with Crippen molar-refractivity contribution in [3.8, 4) is 0 Å². The highest BCUT2D eigenvalue weighted by atomic mass is 127. The summed E-state index contributed by atoms with van der Waals surface area (Å²) in [5.74, 6) is 1.37. The summed E-state index contributed by atoms with van der Waals surface area (Å²) in [5.41, 5.74) is 1.15. The van der Waals surface area contributed by atoms with Crippen molar-refractivity contribution >= 4 is 35.6 Å². The van der Waals surface area contributed by atoms with E-state index in [2.05, 4.69) is 64.0 Å². The molecule has 148 valence electrons. The molecule has 0 aromatic heterocycles. The molecule has 1 aromatic rings. The molecule has 0 aliphatic carbocycles. The number of morpholine rings is 1. The highest BCUT2D eigenvalue weighted by Gasteiger charge is 2.14. The minimum absolute atomic E-state index is 0. The van der Waals surface area contributed by atoms with Gasteiger partial charge in [0.05, 0.1) is 13.2 Å². The van der Waals surface area contributed by atoms with Crippen LogP contribution >= 0.6 is 24.0 Å². The summed E-state index contributed by atoms with van der Waals surface area (Å²) in [6.45, 7) is 10.9. The number of anilines is 1. The van der Waals surface area contributed by atoms with E-state index >= 15 is 0 Å². The lowest BCUT2D eigenvalue weighted by molar-refractivity contribution is 0.0389. The number of guanidine groups is 1. The first-order valence-corrected chi connectivity index (χ1v) is 9.25. The van der Waals surface area contributed by atoms with E-state index in [1.54, 1.807) is 0 Å². The first-order valence-electron chi connectivity index (χ1n) is 9.25. The van der Waals surface area contributed by atoms with Crippen LogP contribution in [-0.2, 0) is 4.74 Å². The van der Waals surface area contributed by atoms with Crippen molar-refractivity contribution < 1.29 is 4.74 Å². The van der Waals surface area contributed by atoms with E-state index in [0.29, 0.717) is 12.0 Å². The number of benzene rings is 1. The van der Waals surface area contributed by atoms with E-state index in [0.717, 1.165) is 57.6 Å². The summed E-state index contributed by atoms with van der Waals surface area (Å²) in [4.78, 5) is 6.75. The SMILES string of the molecule is CN=C(NCCN1CCOCC1)NCC(Nc1ccccc1)C(C)C.I. The molecule has 1 unspecified atom stereocenters. The highest BCUT2D eigenvalue weighted by Crippen LogP contribution is 2.11. The normalized spacial score (nSPS) is 16.7. The molecule has 1 aliphatic heterocycles. The Morgan fingerprint density at radius 2 is 1.85 bits per heavy atom. The number of nitrogens with zero attached hydrogens (tertiary/aromatic N) is 2. The van der Waals surface area contributed by atoms with E-state index in [-0.39, 0.29) is 24.0 Å². The zero-order chi connectivity index (χ0) is 17.9. The van der Waals surface area contributed by atoms with E-state index in [1.165, 1.54) is 0 Å². The van der Waals surface area contributed by atoms with Crippen molar-refractivity contribution in [3.63, 3.8) is 0 Å². The van der Waals surface area contributed by atoms with Crippen molar-refractivity contribution in [2.45, 2.75) is 19.9 Å². The second kappa shape index (κ2) is 13.2. The molecule has 0 spiro atoms. The molecular weight excluding hydrogens is 441 g/mol. The summed E-state index contributed by atoms with van der Waals surface area (Å²) in [5, 5.41) is 10.4. The van der Waals surface area contributed by atoms with E-state index in [4.69, 9.17) is 4.74 Å². The van der Waals surface area contributed by atoms with E-state index < -0.39 is 0 Å². The van der Waals surface area contributed by atoms with Gasteiger partial charge in [-0.2, -0.15) is 0 Å². The van der Waals surface area contributed by atoms with Crippen molar-refractivity contribution in [1.82, 2.24) is 15.5 Å². The Kier molecular flexibility index (Phi) is 11.6. The topological polar surface area (TPSA) is 60.9 Å².